The molecule has 0 radical (unpaired) electrons. The number of alkyl halides is 3. The molecule has 0 fully saturated rings. The van der Waals surface area contributed by atoms with Crippen LogP contribution in [0.4, 0.5) is 17.6 Å². The molecule has 0 aliphatic rings. The maximum absolute atomic E-state index is 13.2. The highest BCUT2D eigenvalue weighted by Crippen LogP contribution is 2.30. The molecular weight excluding hydrogens is 340 g/mol. The number of nitrogens with zero attached hydrogens (tertiary/aromatic N) is 2. The predicted molar refractivity (Wildman–Crippen MR) is 80.2 cm³/mol. The minimum atomic E-state index is -4.40. The summed E-state index contributed by atoms with van der Waals surface area (Å²) >= 11 is 0. The van der Waals surface area contributed by atoms with Crippen molar-refractivity contribution in [1.29, 1.82) is 0 Å². The molecule has 8 heteroatoms. The van der Waals surface area contributed by atoms with Crippen LogP contribution < -0.4 is 4.74 Å². The Bertz CT molecular complexity index is 873. The third-order valence-corrected chi connectivity index (χ3v) is 3.42. The van der Waals surface area contributed by atoms with Crippen LogP contribution in [0.15, 0.2) is 47.0 Å². The Kier molecular flexibility index (Phi) is 4.43. The molecule has 0 spiro atoms. The van der Waals surface area contributed by atoms with Crippen LogP contribution in [0.2, 0.25) is 0 Å². The average molecular weight is 352 g/mol. The molecule has 2 aromatic carbocycles. The van der Waals surface area contributed by atoms with Gasteiger partial charge in [0.15, 0.2) is 6.61 Å². The number of rotatable bonds is 4. The van der Waals surface area contributed by atoms with Crippen LogP contribution in [0, 0.1) is 12.7 Å². The van der Waals surface area contributed by atoms with E-state index in [-0.39, 0.29) is 24.1 Å². The van der Waals surface area contributed by atoms with Crippen LogP contribution in [-0.4, -0.2) is 10.1 Å². The molecule has 130 valence electrons. The third kappa shape index (κ3) is 3.96. The van der Waals surface area contributed by atoms with E-state index in [0.29, 0.717) is 16.9 Å². The summed E-state index contributed by atoms with van der Waals surface area (Å²) in [7, 11) is 0. The Hall–Kier alpha value is -2.90. The van der Waals surface area contributed by atoms with Crippen molar-refractivity contribution in [2.24, 2.45) is 0 Å². The van der Waals surface area contributed by atoms with Crippen molar-refractivity contribution >= 4 is 0 Å². The standard InChI is InChI=1S/C17H12F4N2O2/c1-10-8-13(6-7-14(10)18)24-9-15-22-16(25-23-15)11-2-4-12(5-3-11)17(19,20)21/h2-8H,9H2,1H3. The first-order valence-electron chi connectivity index (χ1n) is 7.22. The highest BCUT2D eigenvalue weighted by molar-refractivity contribution is 5.53. The molecule has 25 heavy (non-hydrogen) atoms. The van der Waals surface area contributed by atoms with Gasteiger partial charge >= 0.3 is 6.18 Å². The number of aryl methyl sites for hydroxylation is 1. The second-order valence-electron chi connectivity index (χ2n) is 5.29. The van der Waals surface area contributed by atoms with E-state index in [0.717, 1.165) is 12.1 Å². The summed E-state index contributed by atoms with van der Waals surface area (Å²) in [6, 6.07) is 8.68. The van der Waals surface area contributed by atoms with E-state index in [1.54, 1.807) is 6.92 Å². The quantitative estimate of drug-likeness (QED) is 0.634. The van der Waals surface area contributed by atoms with Gasteiger partial charge in [-0.25, -0.2) is 4.39 Å². The zero-order chi connectivity index (χ0) is 18.0. The summed E-state index contributed by atoms with van der Waals surface area (Å²) in [4.78, 5) is 4.07. The zero-order valence-electron chi connectivity index (χ0n) is 13.0. The second kappa shape index (κ2) is 6.54. The fourth-order valence-electron chi connectivity index (χ4n) is 2.09. The first-order valence-corrected chi connectivity index (χ1v) is 7.22. The normalized spacial score (nSPS) is 11.6. The van der Waals surface area contributed by atoms with Crippen molar-refractivity contribution in [1.82, 2.24) is 10.1 Å². The lowest BCUT2D eigenvalue weighted by Crippen LogP contribution is -2.04. The maximum atomic E-state index is 13.2. The van der Waals surface area contributed by atoms with Crippen LogP contribution in [0.25, 0.3) is 11.5 Å². The van der Waals surface area contributed by atoms with Gasteiger partial charge in [-0.2, -0.15) is 18.2 Å². The molecule has 4 nitrogen and oxygen atoms in total. The highest BCUT2D eigenvalue weighted by atomic mass is 19.4. The Morgan fingerprint density at radius 3 is 2.44 bits per heavy atom. The zero-order valence-corrected chi connectivity index (χ0v) is 13.0. The second-order valence-corrected chi connectivity index (χ2v) is 5.29. The number of ether oxygens (including phenoxy) is 1. The van der Waals surface area contributed by atoms with Crippen LogP contribution in [0.3, 0.4) is 0 Å². The topological polar surface area (TPSA) is 48.2 Å². The van der Waals surface area contributed by atoms with E-state index in [1.165, 1.54) is 30.3 Å². The average Bonchev–Trinajstić information content (AvgIpc) is 3.04. The highest BCUT2D eigenvalue weighted by Gasteiger charge is 2.30. The number of aromatic nitrogens is 2. The van der Waals surface area contributed by atoms with E-state index in [9.17, 15) is 17.6 Å². The van der Waals surface area contributed by atoms with Gasteiger partial charge in [0.25, 0.3) is 5.89 Å². The molecule has 0 amide bonds. The largest absolute Gasteiger partial charge is 0.485 e. The van der Waals surface area contributed by atoms with Crippen molar-refractivity contribution in [3.8, 4) is 17.2 Å². The number of hydrogen-bond donors (Lipinski definition) is 0. The summed E-state index contributed by atoms with van der Waals surface area (Å²) in [5, 5.41) is 3.71. The minimum absolute atomic E-state index is 0.0186. The van der Waals surface area contributed by atoms with Gasteiger partial charge in [0.1, 0.15) is 11.6 Å². The van der Waals surface area contributed by atoms with Crippen molar-refractivity contribution in [3.05, 3.63) is 65.2 Å². The monoisotopic (exact) mass is 352 g/mol. The van der Waals surface area contributed by atoms with Gasteiger partial charge < -0.3 is 9.26 Å². The van der Waals surface area contributed by atoms with Crippen LogP contribution in [-0.2, 0) is 12.8 Å². The summed E-state index contributed by atoms with van der Waals surface area (Å²) in [5.41, 5.74) is 0.0476. The van der Waals surface area contributed by atoms with Gasteiger partial charge in [0, 0.05) is 5.56 Å². The number of hydrogen-bond acceptors (Lipinski definition) is 4. The Morgan fingerprint density at radius 2 is 1.80 bits per heavy atom. The van der Waals surface area contributed by atoms with E-state index >= 15 is 0 Å². The summed E-state index contributed by atoms with van der Waals surface area (Å²) in [6.45, 7) is 1.59. The maximum Gasteiger partial charge on any atom is 0.416 e. The Morgan fingerprint density at radius 1 is 1.08 bits per heavy atom. The Labute approximate surface area is 140 Å². The van der Waals surface area contributed by atoms with E-state index in [4.69, 9.17) is 9.26 Å². The van der Waals surface area contributed by atoms with Crippen molar-refractivity contribution in [2.75, 3.05) is 0 Å². The molecule has 3 rings (SSSR count). The molecule has 0 aliphatic carbocycles. The van der Waals surface area contributed by atoms with E-state index in [2.05, 4.69) is 10.1 Å². The van der Waals surface area contributed by atoms with E-state index < -0.39 is 11.7 Å². The lowest BCUT2D eigenvalue weighted by atomic mass is 10.1. The molecule has 1 heterocycles. The van der Waals surface area contributed by atoms with Gasteiger partial charge in [0.05, 0.1) is 5.56 Å². The lowest BCUT2D eigenvalue weighted by Gasteiger charge is -2.05. The van der Waals surface area contributed by atoms with Crippen LogP contribution in [0.1, 0.15) is 17.0 Å². The lowest BCUT2D eigenvalue weighted by molar-refractivity contribution is -0.137. The summed E-state index contributed by atoms with van der Waals surface area (Å²) < 4.78 is 61.3. The first kappa shape index (κ1) is 16.9. The summed E-state index contributed by atoms with van der Waals surface area (Å²) in [5.74, 6) is 0.413. The van der Waals surface area contributed by atoms with Crippen molar-refractivity contribution < 1.29 is 26.8 Å². The smallest absolute Gasteiger partial charge is 0.416 e. The van der Waals surface area contributed by atoms with Crippen molar-refractivity contribution in [2.45, 2.75) is 19.7 Å². The molecule has 0 saturated carbocycles. The molecule has 0 atom stereocenters. The van der Waals surface area contributed by atoms with Gasteiger partial charge in [-0.05, 0) is 55.0 Å². The fraction of sp³-hybridized carbons (Fsp3) is 0.176. The molecule has 1 aromatic heterocycles. The van der Waals surface area contributed by atoms with E-state index in [1.807, 2.05) is 0 Å². The predicted octanol–water partition coefficient (Wildman–Crippen LogP) is 4.78. The first-order chi connectivity index (χ1) is 11.8. The number of halogens is 4. The minimum Gasteiger partial charge on any atom is -0.485 e. The molecule has 0 bridgehead atoms. The molecule has 0 unspecified atom stereocenters. The number of benzene rings is 2. The summed E-state index contributed by atoms with van der Waals surface area (Å²) in [6.07, 6.45) is -4.40. The van der Waals surface area contributed by atoms with Gasteiger partial charge in [-0.15, -0.1) is 0 Å². The third-order valence-electron chi connectivity index (χ3n) is 3.42. The van der Waals surface area contributed by atoms with Gasteiger partial charge in [-0.1, -0.05) is 5.16 Å². The molecular formula is C17H12F4N2O2. The SMILES string of the molecule is Cc1cc(OCc2noc(-c3ccc(C(F)(F)F)cc3)n2)ccc1F. The molecule has 3 aromatic rings. The van der Waals surface area contributed by atoms with Gasteiger partial charge in [0.2, 0.25) is 5.82 Å². The van der Waals surface area contributed by atoms with Crippen LogP contribution in [0.5, 0.6) is 5.75 Å². The molecule has 0 N–H and O–H groups in total. The van der Waals surface area contributed by atoms with Gasteiger partial charge in [-0.3, -0.25) is 0 Å². The Balaban J connectivity index is 1.68. The van der Waals surface area contributed by atoms with Crippen LogP contribution >= 0.6 is 0 Å². The van der Waals surface area contributed by atoms with Crippen molar-refractivity contribution in [3.63, 3.8) is 0 Å². The molecule has 0 saturated heterocycles. The molecule has 0 aliphatic heterocycles. The fourth-order valence-corrected chi connectivity index (χ4v) is 2.09.